The number of hydrogen-bond donors (Lipinski definition) is 2. The van der Waals surface area contributed by atoms with E-state index in [4.69, 9.17) is 21.1 Å². The van der Waals surface area contributed by atoms with Crippen LogP contribution in [0.15, 0.2) is 42.5 Å². The summed E-state index contributed by atoms with van der Waals surface area (Å²) in [4.78, 5) is 24.4. The Kier molecular flexibility index (Phi) is 4.57. The van der Waals surface area contributed by atoms with Crippen LogP contribution in [0.1, 0.15) is 17.3 Å². The highest BCUT2D eigenvalue weighted by atomic mass is 35.5. The molecule has 0 aliphatic carbocycles. The summed E-state index contributed by atoms with van der Waals surface area (Å²) in [5.74, 6) is 0.442. The third kappa shape index (κ3) is 3.44. The predicted molar refractivity (Wildman–Crippen MR) is 89.6 cm³/mol. The van der Waals surface area contributed by atoms with Crippen LogP contribution in [-0.2, 0) is 4.79 Å². The molecular formula is C17H15ClN2O4. The zero-order chi connectivity index (χ0) is 17.1. The van der Waals surface area contributed by atoms with E-state index in [0.29, 0.717) is 27.8 Å². The number of nitrogens with one attached hydrogen (secondary N) is 2. The minimum atomic E-state index is -0.737. The van der Waals surface area contributed by atoms with Crippen LogP contribution in [0.3, 0.4) is 0 Å². The van der Waals surface area contributed by atoms with Crippen molar-refractivity contribution >= 4 is 29.1 Å². The lowest BCUT2D eigenvalue weighted by molar-refractivity contribution is -0.117. The standard InChI is InChI=1S/C17H15ClN2O4/c1-10(19-17(22)12-4-2-3-5-13(12)18)16(21)20-11-6-7-14-15(8-11)24-9-23-14/h2-8,10H,9H2,1H3,(H,19,22)(H,20,21)/t10-/m1/s1. The smallest absolute Gasteiger partial charge is 0.253 e. The molecule has 0 fully saturated rings. The number of halogens is 1. The van der Waals surface area contributed by atoms with E-state index in [1.54, 1.807) is 49.4 Å². The summed E-state index contributed by atoms with van der Waals surface area (Å²) in [5.41, 5.74) is 0.880. The van der Waals surface area contributed by atoms with Crippen molar-refractivity contribution in [2.75, 3.05) is 12.1 Å². The topological polar surface area (TPSA) is 76.7 Å². The van der Waals surface area contributed by atoms with Crippen LogP contribution >= 0.6 is 11.6 Å². The molecule has 1 heterocycles. The lowest BCUT2D eigenvalue weighted by Gasteiger charge is -2.15. The lowest BCUT2D eigenvalue weighted by Crippen LogP contribution is -2.41. The minimum absolute atomic E-state index is 0.164. The Morgan fingerprint density at radius 3 is 2.67 bits per heavy atom. The summed E-state index contributed by atoms with van der Waals surface area (Å²) in [5, 5.41) is 5.67. The van der Waals surface area contributed by atoms with E-state index >= 15 is 0 Å². The molecule has 2 N–H and O–H groups in total. The highest BCUT2D eigenvalue weighted by Crippen LogP contribution is 2.34. The second kappa shape index (κ2) is 6.80. The fourth-order valence-electron chi connectivity index (χ4n) is 2.21. The normalized spacial score (nSPS) is 13.2. The zero-order valence-electron chi connectivity index (χ0n) is 12.8. The molecule has 0 radical (unpaired) electrons. The third-order valence-corrected chi connectivity index (χ3v) is 3.83. The average Bonchev–Trinajstić information content (AvgIpc) is 3.02. The Labute approximate surface area is 143 Å². The van der Waals surface area contributed by atoms with Crippen molar-refractivity contribution in [1.82, 2.24) is 5.32 Å². The molecule has 124 valence electrons. The van der Waals surface area contributed by atoms with Crippen molar-refractivity contribution in [2.24, 2.45) is 0 Å². The van der Waals surface area contributed by atoms with Crippen molar-refractivity contribution in [1.29, 1.82) is 0 Å². The van der Waals surface area contributed by atoms with Gasteiger partial charge in [0, 0.05) is 11.8 Å². The number of hydrogen-bond acceptors (Lipinski definition) is 4. The quantitative estimate of drug-likeness (QED) is 0.892. The van der Waals surface area contributed by atoms with Gasteiger partial charge in [0.1, 0.15) is 6.04 Å². The van der Waals surface area contributed by atoms with Gasteiger partial charge in [-0.1, -0.05) is 23.7 Å². The molecule has 0 saturated carbocycles. The van der Waals surface area contributed by atoms with Crippen LogP contribution in [-0.4, -0.2) is 24.6 Å². The number of fused-ring (bicyclic) bond motifs is 1. The van der Waals surface area contributed by atoms with Crippen molar-refractivity contribution < 1.29 is 19.1 Å². The molecule has 6 nitrogen and oxygen atoms in total. The van der Waals surface area contributed by atoms with Gasteiger partial charge in [-0.3, -0.25) is 9.59 Å². The second-order valence-electron chi connectivity index (χ2n) is 5.23. The summed E-state index contributed by atoms with van der Waals surface area (Å²) in [7, 11) is 0. The number of anilines is 1. The van der Waals surface area contributed by atoms with Crippen LogP contribution in [0.25, 0.3) is 0 Å². The molecule has 0 bridgehead atoms. The summed E-state index contributed by atoms with van der Waals surface area (Å²) in [6.45, 7) is 1.76. The van der Waals surface area contributed by atoms with Gasteiger partial charge in [-0.25, -0.2) is 0 Å². The molecule has 3 rings (SSSR count). The van der Waals surface area contributed by atoms with E-state index in [2.05, 4.69) is 10.6 Å². The first kappa shape index (κ1) is 16.1. The molecule has 0 unspecified atom stereocenters. The fraction of sp³-hybridized carbons (Fsp3) is 0.176. The molecule has 1 atom stereocenters. The van der Waals surface area contributed by atoms with E-state index < -0.39 is 11.9 Å². The highest BCUT2D eigenvalue weighted by Gasteiger charge is 2.19. The molecule has 0 saturated heterocycles. The zero-order valence-corrected chi connectivity index (χ0v) is 13.6. The number of ether oxygens (including phenoxy) is 2. The third-order valence-electron chi connectivity index (χ3n) is 3.50. The van der Waals surface area contributed by atoms with Gasteiger partial charge in [-0.05, 0) is 31.2 Å². The highest BCUT2D eigenvalue weighted by molar-refractivity contribution is 6.33. The largest absolute Gasteiger partial charge is 0.454 e. The van der Waals surface area contributed by atoms with Gasteiger partial charge in [0.05, 0.1) is 10.6 Å². The molecule has 1 aliphatic heterocycles. The van der Waals surface area contributed by atoms with Gasteiger partial charge >= 0.3 is 0 Å². The Balaban J connectivity index is 1.63. The van der Waals surface area contributed by atoms with Crippen molar-refractivity contribution in [3.63, 3.8) is 0 Å². The van der Waals surface area contributed by atoms with Crippen LogP contribution in [0.2, 0.25) is 5.02 Å². The first-order chi connectivity index (χ1) is 11.5. The maximum absolute atomic E-state index is 12.2. The molecule has 2 aromatic carbocycles. The first-order valence-corrected chi connectivity index (χ1v) is 7.68. The van der Waals surface area contributed by atoms with Gasteiger partial charge in [0.15, 0.2) is 11.5 Å². The summed E-state index contributed by atoms with van der Waals surface area (Å²) >= 11 is 5.98. The molecule has 24 heavy (non-hydrogen) atoms. The molecule has 0 spiro atoms. The molecule has 0 aromatic heterocycles. The summed E-state index contributed by atoms with van der Waals surface area (Å²) < 4.78 is 10.5. The first-order valence-electron chi connectivity index (χ1n) is 7.30. The van der Waals surface area contributed by atoms with Gasteiger partial charge in [-0.15, -0.1) is 0 Å². The van der Waals surface area contributed by atoms with E-state index in [0.717, 1.165) is 0 Å². The monoisotopic (exact) mass is 346 g/mol. The fourth-order valence-corrected chi connectivity index (χ4v) is 2.43. The number of rotatable bonds is 4. The van der Waals surface area contributed by atoms with Crippen LogP contribution in [0.5, 0.6) is 11.5 Å². The van der Waals surface area contributed by atoms with Gasteiger partial charge in [0.25, 0.3) is 5.91 Å². The predicted octanol–water partition coefficient (Wildman–Crippen LogP) is 2.83. The van der Waals surface area contributed by atoms with Crippen molar-refractivity contribution in [3.05, 3.63) is 53.1 Å². The molecule has 2 aromatic rings. The Morgan fingerprint density at radius 2 is 1.88 bits per heavy atom. The SMILES string of the molecule is C[C@@H](NC(=O)c1ccccc1Cl)C(=O)Nc1ccc2c(c1)OCO2. The maximum atomic E-state index is 12.2. The molecule has 7 heteroatoms. The Hall–Kier alpha value is -2.73. The number of carbonyl (C=O) groups excluding carboxylic acids is 2. The maximum Gasteiger partial charge on any atom is 0.253 e. The van der Waals surface area contributed by atoms with E-state index in [9.17, 15) is 9.59 Å². The number of benzene rings is 2. The number of amides is 2. The molecular weight excluding hydrogens is 332 g/mol. The van der Waals surface area contributed by atoms with Crippen LogP contribution in [0, 0.1) is 0 Å². The van der Waals surface area contributed by atoms with Crippen molar-refractivity contribution in [2.45, 2.75) is 13.0 Å². The van der Waals surface area contributed by atoms with Crippen LogP contribution < -0.4 is 20.1 Å². The average molecular weight is 347 g/mol. The van der Waals surface area contributed by atoms with E-state index in [1.165, 1.54) is 0 Å². The summed E-state index contributed by atoms with van der Waals surface area (Å²) in [6, 6.07) is 11.0. The van der Waals surface area contributed by atoms with Gasteiger partial charge < -0.3 is 20.1 Å². The summed E-state index contributed by atoms with van der Waals surface area (Å²) in [6.07, 6.45) is 0. The second-order valence-corrected chi connectivity index (χ2v) is 5.64. The Morgan fingerprint density at radius 1 is 1.12 bits per heavy atom. The van der Waals surface area contributed by atoms with Crippen molar-refractivity contribution in [3.8, 4) is 11.5 Å². The number of carbonyl (C=O) groups is 2. The molecule has 2 amide bonds. The van der Waals surface area contributed by atoms with Gasteiger partial charge in [-0.2, -0.15) is 0 Å². The van der Waals surface area contributed by atoms with Crippen LogP contribution in [0.4, 0.5) is 5.69 Å². The van der Waals surface area contributed by atoms with E-state index in [1.807, 2.05) is 0 Å². The minimum Gasteiger partial charge on any atom is -0.454 e. The Bertz CT molecular complexity index is 794. The lowest BCUT2D eigenvalue weighted by atomic mass is 10.2. The molecule has 1 aliphatic rings. The van der Waals surface area contributed by atoms with Gasteiger partial charge in [0.2, 0.25) is 12.7 Å². The van der Waals surface area contributed by atoms with E-state index in [-0.39, 0.29) is 12.7 Å².